The zero-order valence-electron chi connectivity index (χ0n) is 17.8. The summed E-state index contributed by atoms with van der Waals surface area (Å²) in [5.41, 5.74) is 3.02. The Morgan fingerprint density at radius 3 is 2.45 bits per heavy atom. The Labute approximate surface area is 204 Å². The third-order valence-corrected chi connectivity index (χ3v) is 4.65. The van der Waals surface area contributed by atoms with E-state index in [1.165, 1.54) is 0 Å². The standard InChI is InChI=1S/C22H26ClN5O2.HI/c1-4-24-22(25-12-16-5-10-20(29-2)21(11-16)30-3)26-13-17-14-27-28(15-17)19-8-6-18(23)7-9-19;/h5-11,14-15H,4,12-13H2,1-3H3,(H2,24,25,26);1H. The maximum Gasteiger partial charge on any atom is 0.191 e. The molecular formula is C22H27ClIN5O2. The Balaban J connectivity index is 0.00000341. The minimum atomic E-state index is 0. The average molecular weight is 556 g/mol. The summed E-state index contributed by atoms with van der Waals surface area (Å²) in [5, 5.41) is 11.7. The van der Waals surface area contributed by atoms with E-state index >= 15 is 0 Å². The molecule has 3 rings (SSSR count). The van der Waals surface area contributed by atoms with Crippen molar-refractivity contribution < 1.29 is 9.47 Å². The Hall–Kier alpha value is -2.46. The second-order valence-corrected chi connectivity index (χ2v) is 6.94. The molecule has 2 aromatic carbocycles. The molecule has 0 aliphatic carbocycles. The van der Waals surface area contributed by atoms with Crippen molar-refractivity contribution in [3.05, 3.63) is 71.0 Å². The molecule has 0 amide bonds. The topological polar surface area (TPSA) is 72.7 Å². The Morgan fingerprint density at radius 2 is 1.77 bits per heavy atom. The van der Waals surface area contributed by atoms with Crippen LogP contribution in [0.3, 0.4) is 0 Å². The van der Waals surface area contributed by atoms with Gasteiger partial charge in [-0.05, 0) is 48.9 Å². The average Bonchev–Trinajstić information content (AvgIpc) is 3.25. The van der Waals surface area contributed by atoms with Crippen molar-refractivity contribution in [3.63, 3.8) is 0 Å². The second-order valence-electron chi connectivity index (χ2n) is 6.51. The van der Waals surface area contributed by atoms with Crippen LogP contribution in [0.5, 0.6) is 11.5 Å². The highest BCUT2D eigenvalue weighted by Crippen LogP contribution is 2.27. The number of hydrogen-bond donors (Lipinski definition) is 2. The number of guanidine groups is 1. The van der Waals surface area contributed by atoms with Crippen LogP contribution < -0.4 is 20.1 Å². The van der Waals surface area contributed by atoms with Crippen LogP contribution in [0.15, 0.2) is 59.9 Å². The molecule has 1 aromatic heterocycles. The fourth-order valence-corrected chi connectivity index (χ4v) is 2.99. The number of aromatic nitrogens is 2. The van der Waals surface area contributed by atoms with Crippen molar-refractivity contribution in [1.82, 2.24) is 20.4 Å². The van der Waals surface area contributed by atoms with Gasteiger partial charge in [-0.25, -0.2) is 9.67 Å². The fourth-order valence-electron chi connectivity index (χ4n) is 2.87. The number of methoxy groups -OCH3 is 2. The number of benzene rings is 2. The molecule has 0 saturated carbocycles. The van der Waals surface area contributed by atoms with E-state index < -0.39 is 0 Å². The number of halogens is 2. The number of nitrogens with zero attached hydrogens (tertiary/aromatic N) is 3. The summed E-state index contributed by atoms with van der Waals surface area (Å²) in [4.78, 5) is 4.66. The van der Waals surface area contributed by atoms with E-state index in [0.29, 0.717) is 29.6 Å². The summed E-state index contributed by atoms with van der Waals surface area (Å²) >= 11 is 5.95. The second kappa shape index (κ2) is 12.4. The van der Waals surface area contributed by atoms with E-state index in [-0.39, 0.29) is 24.0 Å². The maximum atomic E-state index is 5.95. The molecule has 0 spiro atoms. The van der Waals surface area contributed by atoms with Gasteiger partial charge in [-0.3, -0.25) is 0 Å². The maximum absolute atomic E-state index is 5.95. The van der Waals surface area contributed by atoms with E-state index in [0.717, 1.165) is 29.3 Å². The lowest BCUT2D eigenvalue weighted by atomic mass is 10.2. The van der Waals surface area contributed by atoms with Crippen LogP contribution in [0, 0.1) is 0 Å². The van der Waals surface area contributed by atoms with Crippen molar-refractivity contribution in [2.24, 2.45) is 4.99 Å². The Kier molecular flexibility index (Phi) is 9.93. The quantitative estimate of drug-likeness (QED) is 0.245. The molecule has 0 aliphatic rings. The molecule has 0 atom stereocenters. The Morgan fingerprint density at radius 1 is 1.03 bits per heavy atom. The smallest absolute Gasteiger partial charge is 0.191 e. The zero-order chi connectivity index (χ0) is 21.3. The number of rotatable bonds is 8. The predicted molar refractivity (Wildman–Crippen MR) is 135 cm³/mol. The summed E-state index contributed by atoms with van der Waals surface area (Å²) in [5.74, 6) is 2.14. The lowest BCUT2D eigenvalue weighted by molar-refractivity contribution is 0.354. The van der Waals surface area contributed by atoms with Gasteiger partial charge < -0.3 is 20.1 Å². The summed E-state index contributed by atoms with van der Waals surface area (Å²) in [6.07, 6.45) is 3.78. The van der Waals surface area contributed by atoms with Crippen LogP contribution in [0.25, 0.3) is 5.69 Å². The van der Waals surface area contributed by atoms with Crippen molar-refractivity contribution in [2.45, 2.75) is 20.0 Å². The highest BCUT2D eigenvalue weighted by molar-refractivity contribution is 14.0. The molecule has 166 valence electrons. The molecule has 0 saturated heterocycles. The lowest BCUT2D eigenvalue weighted by Gasteiger charge is -2.13. The van der Waals surface area contributed by atoms with Crippen LogP contribution in [-0.4, -0.2) is 36.5 Å². The van der Waals surface area contributed by atoms with Gasteiger partial charge in [-0.2, -0.15) is 5.10 Å². The van der Waals surface area contributed by atoms with E-state index in [9.17, 15) is 0 Å². The molecule has 3 aromatic rings. The van der Waals surface area contributed by atoms with Gasteiger partial charge in [-0.1, -0.05) is 17.7 Å². The first-order valence-corrected chi connectivity index (χ1v) is 10.0. The van der Waals surface area contributed by atoms with E-state index in [1.54, 1.807) is 14.2 Å². The van der Waals surface area contributed by atoms with Crippen LogP contribution in [-0.2, 0) is 13.1 Å². The number of ether oxygens (including phenoxy) is 2. The predicted octanol–water partition coefficient (Wildman–Crippen LogP) is 4.42. The van der Waals surface area contributed by atoms with Crippen LogP contribution in [0.2, 0.25) is 5.02 Å². The van der Waals surface area contributed by atoms with Crippen molar-refractivity contribution in [3.8, 4) is 17.2 Å². The summed E-state index contributed by atoms with van der Waals surface area (Å²) in [7, 11) is 3.26. The van der Waals surface area contributed by atoms with Gasteiger partial charge in [0, 0.05) is 29.9 Å². The van der Waals surface area contributed by atoms with E-state index in [2.05, 4.69) is 20.7 Å². The molecular weight excluding hydrogens is 529 g/mol. The van der Waals surface area contributed by atoms with Gasteiger partial charge >= 0.3 is 0 Å². The van der Waals surface area contributed by atoms with Gasteiger partial charge in [0.25, 0.3) is 0 Å². The zero-order valence-corrected chi connectivity index (χ0v) is 20.8. The number of hydrogen-bond acceptors (Lipinski definition) is 4. The van der Waals surface area contributed by atoms with Crippen LogP contribution >= 0.6 is 35.6 Å². The van der Waals surface area contributed by atoms with E-state index in [1.807, 2.05) is 66.5 Å². The third-order valence-electron chi connectivity index (χ3n) is 4.40. The van der Waals surface area contributed by atoms with Crippen molar-refractivity contribution in [2.75, 3.05) is 20.8 Å². The summed E-state index contributed by atoms with van der Waals surface area (Å²) in [6, 6.07) is 13.4. The fraction of sp³-hybridized carbons (Fsp3) is 0.273. The SMILES string of the molecule is CCNC(=NCc1cnn(-c2ccc(Cl)cc2)c1)NCc1ccc(OC)c(OC)c1.I. The van der Waals surface area contributed by atoms with Gasteiger partial charge in [0.05, 0.1) is 32.6 Å². The first-order chi connectivity index (χ1) is 14.6. The molecule has 2 N–H and O–H groups in total. The highest BCUT2D eigenvalue weighted by atomic mass is 127. The van der Waals surface area contributed by atoms with E-state index in [4.69, 9.17) is 21.1 Å². The van der Waals surface area contributed by atoms with Gasteiger partial charge in [0.1, 0.15) is 0 Å². The van der Waals surface area contributed by atoms with Crippen LogP contribution in [0.1, 0.15) is 18.1 Å². The van der Waals surface area contributed by atoms with Crippen LogP contribution in [0.4, 0.5) is 0 Å². The normalized spacial score (nSPS) is 10.9. The molecule has 0 bridgehead atoms. The van der Waals surface area contributed by atoms with Gasteiger partial charge in [-0.15, -0.1) is 24.0 Å². The van der Waals surface area contributed by atoms with Crippen molar-refractivity contribution >= 4 is 41.5 Å². The number of aliphatic imine (C=N–C) groups is 1. The molecule has 0 fully saturated rings. The first-order valence-electron chi connectivity index (χ1n) is 9.65. The van der Waals surface area contributed by atoms with Gasteiger partial charge in [0.15, 0.2) is 17.5 Å². The molecule has 7 nitrogen and oxygen atoms in total. The first kappa shape index (κ1) is 24.8. The highest BCUT2D eigenvalue weighted by Gasteiger charge is 2.06. The molecule has 9 heteroatoms. The van der Waals surface area contributed by atoms with Crippen molar-refractivity contribution in [1.29, 1.82) is 0 Å². The summed E-state index contributed by atoms with van der Waals surface area (Å²) < 4.78 is 12.5. The molecule has 0 unspecified atom stereocenters. The monoisotopic (exact) mass is 555 g/mol. The van der Waals surface area contributed by atoms with Gasteiger partial charge in [0.2, 0.25) is 0 Å². The largest absolute Gasteiger partial charge is 0.493 e. The number of nitrogens with one attached hydrogen (secondary N) is 2. The minimum Gasteiger partial charge on any atom is -0.493 e. The molecule has 0 radical (unpaired) electrons. The molecule has 31 heavy (non-hydrogen) atoms. The summed E-state index contributed by atoms with van der Waals surface area (Å²) in [6.45, 7) is 3.92. The Bertz CT molecular complexity index is 992. The lowest BCUT2D eigenvalue weighted by Crippen LogP contribution is -2.36. The molecule has 1 heterocycles. The molecule has 0 aliphatic heterocycles. The third kappa shape index (κ3) is 7.03. The minimum absolute atomic E-state index is 0.